The van der Waals surface area contributed by atoms with Gasteiger partial charge in [0.1, 0.15) is 12.4 Å². The van der Waals surface area contributed by atoms with Crippen LogP contribution in [0.15, 0.2) is 0 Å². The van der Waals surface area contributed by atoms with E-state index >= 15 is 0 Å². The maximum Gasteiger partial charge on any atom is 0.159 e. The van der Waals surface area contributed by atoms with Crippen molar-refractivity contribution in [1.82, 2.24) is 19.7 Å². The van der Waals surface area contributed by atoms with Gasteiger partial charge in [-0.25, -0.2) is 0 Å². The second kappa shape index (κ2) is 4.97. The van der Waals surface area contributed by atoms with Crippen LogP contribution < -0.4 is 0 Å². The van der Waals surface area contributed by atoms with E-state index in [0.29, 0.717) is 12.6 Å². The molecule has 0 N–H and O–H groups in total. The Morgan fingerprint density at radius 1 is 1.22 bits per heavy atom. The molecular weight excluding hydrogens is 228 g/mol. The summed E-state index contributed by atoms with van der Waals surface area (Å²) in [6.07, 6.45) is 5.47. The summed E-state index contributed by atoms with van der Waals surface area (Å²) in [5, 5.41) is 8.63. The van der Waals surface area contributed by atoms with E-state index in [-0.39, 0.29) is 0 Å². The monoisotopic (exact) mass is 250 g/mol. The summed E-state index contributed by atoms with van der Waals surface area (Å²) in [6, 6.07) is 1.15. The molecule has 18 heavy (non-hydrogen) atoms. The van der Waals surface area contributed by atoms with Crippen LogP contribution in [0.5, 0.6) is 0 Å². The Morgan fingerprint density at radius 3 is 2.72 bits per heavy atom. The first-order chi connectivity index (χ1) is 8.81. The van der Waals surface area contributed by atoms with Gasteiger partial charge in [0, 0.05) is 26.2 Å². The molecule has 1 aliphatic heterocycles. The van der Waals surface area contributed by atoms with E-state index in [4.69, 9.17) is 4.74 Å². The molecule has 0 spiro atoms. The minimum absolute atomic E-state index is 0.389. The van der Waals surface area contributed by atoms with Gasteiger partial charge in [0.2, 0.25) is 0 Å². The fraction of sp³-hybridized carbons (Fsp3) is 0.846. The second-order valence-corrected chi connectivity index (χ2v) is 5.41. The van der Waals surface area contributed by atoms with Crippen molar-refractivity contribution >= 4 is 0 Å². The van der Waals surface area contributed by atoms with Crippen molar-refractivity contribution in [2.24, 2.45) is 0 Å². The van der Waals surface area contributed by atoms with Crippen molar-refractivity contribution in [2.75, 3.05) is 13.7 Å². The van der Waals surface area contributed by atoms with Gasteiger partial charge in [-0.15, -0.1) is 10.2 Å². The van der Waals surface area contributed by atoms with Crippen LogP contribution in [0, 0.1) is 0 Å². The third-order valence-electron chi connectivity index (χ3n) is 4.38. The molecule has 1 saturated carbocycles. The Kier molecular flexibility index (Phi) is 3.35. The first-order valence-corrected chi connectivity index (χ1v) is 6.98. The lowest BCUT2D eigenvalue weighted by Crippen LogP contribution is -2.43. The Labute approximate surface area is 108 Å². The Morgan fingerprint density at radius 2 is 2.00 bits per heavy atom. The topological polar surface area (TPSA) is 43.2 Å². The molecule has 2 heterocycles. The summed E-state index contributed by atoms with van der Waals surface area (Å²) < 4.78 is 7.41. The van der Waals surface area contributed by atoms with Crippen LogP contribution in [-0.4, -0.2) is 39.4 Å². The van der Waals surface area contributed by atoms with E-state index in [9.17, 15) is 0 Å². The predicted molar refractivity (Wildman–Crippen MR) is 68.1 cm³/mol. The molecule has 0 radical (unpaired) electrons. The number of fused-ring (bicyclic) bond motifs is 1. The Balaban J connectivity index is 1.81. The molecule has 0 aromatic carbocycles. The SMILES string of the molecule is COCc1nnc2n1CCN(C1CCCC1)C2C. The maximum atomic E-state index is 5.18. The predicted octanol–water partition coefficient (Wildman–Crippen LogP) is 1.74. The highest BCUT2D eigenvalue weighted by Crippen LogP contribution is 2.32. The molecule has 1 atom stereocenters. The number of nitrogens with zero attached hydrogens (tertiary/aromatic N) is 4. The van der Waals surface area contributed by atoms with Gasteiger partial charge in [-0.1, -0.05) is 12.8 Å². The van der Waals surface area contributed by atoms with Gasteiger partial charge in [0.05, 0.1) is 6.04 Å². The standard InChI is InChI=1S/C13H22N4O/c1-10-13-15-14-12(9-18-2)17(13)8-7-16(10)11-5-3-4-6-11/h10-11H,3-9H2,1-2H3. The van der Waals surface area contributed by atoms with Crippen LogP contribution in [0.1, 0.15) is 50.3 Å². The molecular formula is C13H22N4O. The molecule has 0 bridgehead atoms. The van der Waals surface area contributed by atoms with E-state index in [1.54, 1.807) is 7.11 Å². The molecule has 5 nitrogen and oxygen atoms in total. The van der Waals surface area contributed by atoms with E-state index < -0.39 is 0 Å². The Bertz CT molecular complexity index is 411. The van der Waals surface area contributed by atoms with Crippen molar-refractivity contribution in [3.8, 4) is 0 Å². The fourth-order valence-electron chi connectivity index (χ4n) is 3.43. The number of methoxy groups -OCH3 is 1. The highest BCUT2D eigenvalue weighted by molar-refractivity contribution is 5.05. The lowest BCUT2D eigenvalue weighted by molar-refractivity contribution is 0.105. The summed E-state index contributed by atoms with van der Waals surface area (Å²) in [5.41, 5.74) is 0. The summed E-state index contributed by atoms with van der Waals surface area (Å²) in [7, 11) is 1.71. The molecule has 1 aromatic heterocycles. The number of rotatable bonds is 3. The summed E-state index contributed by atoms with van der Waals surface area (Å²) >= 11 is 0. The minimum Gasteiger partial charge on any atom is -0.377 e. The molecule has 1 aliphatic carbocycles. The van der Waals surface area contributed by atoms with E-state index in [0.717, 1.165) is 30.8 Å². The minimum atomic E-state index is 0.389. The van der Waals surface area contributed by atoms with Crippen molar-refractivity contribution in [3.05, 3.63) is 11.6 Å². The maximum absolute atomic E-state index is 5.18. The normalized spacial score (nSPS) is 25.6. The highest BCUT2D eigenvalue weighted by atomic mass is 16.5. The second-order valence-electron chi connectivity index (χ2n) is 5.41. The molecule has 0 saturated heterocycles. The van der Waals surface area contributed by atoms with Crippen molar-refractivity contribution in [2.45, 2.75) is 57.8 Å². The molecule has 100 valence electrons. The van der Waals surface area contributed by atoms with Gasteiger partial charge in [-0.3, -0.25) is 4.90 Å². The number of ether oxygens (including phenoxy) is 1. The van der Waals surface area contributed by atoms with E-state index in [2.05, 4.69) is 26.6 Å². The van der Waals surface area contributed by atoms with Gasteiger partial charge in [0.15, 0.2) is 5.82 Å². The summed E-state index contributed by atoms with van der Waals surface area (Å²) in [6.45, 7) is 4.94. The zero-order valence-electron chi connectivity index (χ0n) is 11.3. The van der Waals surface area contributed by atoms with Crippen molar-refractivity contribution < 1.29 is 4.74 Å². The highest BCUT2D eigenvalue weighted by Gasteiger charge is 2.33. The van der Waals surface area contributed by atoms with E-state index in [1.165, 1.54) is 25.7 Å². The van der Waals surface area contributed by atoms with Gasteiger partial charge in [0.25, 0.3) is 0 Å². The number of hydrogen-bond acceptors (Lipinski definition) is 4. The van der Waals surface area contributed by atoms with Crippen LogP contribution in [-0.2, 0) is 17.9 Å². The van der Waals surface area contributed by atoms with Crippen molar-refractivity contribution in [3.63, 3.8) is 0 Å². The third kappa shape index (κ3) is 1.95. The number of aromatic nitrogens is 3. The third-order valence-corrected chi connectivity index (χ3v) is 4.38. The molecule has 0 amide bonds. The summed E-state index contributed by atoms with van der Waals surface area (Å²) in [5.74, 6) is 2.07. The molecule has 3 rings (SSSR count). The van der Waals surface area contributed by atoms with Gasteiger partial charge >= 0.3 is 0 Å². The zero-order valence-corrected chi connectivity index (χ0v) is 11.3. The summed E-state index contributed by atoms with van der Waals surface area (Å²) in [4.78, 5) is 2.62. The first kappa shape index (κ1) is 12.1. The smallest absolute Gasteiger partial charge is 0.159 e. The van der Waals surface area contributed by atoms with Crippen LogP contribution in [0.25, 0.3) is 0 Å². The molecule has 2 aliphatic rings. The lowest BCUT2D eigenvalue weighted by Gasteiger charge is -2.37. The lowest BCUT2D eigenvalue weighted by atomic mass is 10.1. The largest absolute Gasteiger partial charge is 0.377 e. The average Bonchev–Trinajstić information content (AvgIpc) is 3.00. The van der Waals surface area contributed by atoms with Crippen molar-refractivity contribution in [1.29, 1.82) is 0 Å². The molecule has 1 unspecified atom stereocenters. The van der Waals surface area contributed by atoms with Crippen LogP contribution in [0.4, 0.5) is 0 Å². The molecule has 1 fully saturated rings. The van der Waals surface area contributed by atoms with Crippen LogP contribution in [0.2, 0.25) is 0 Å². The quantitative estimate of drug-likeness (QED) is 0.819. The van der Waals surface area contributed by atoms with E-state index in [1.807, 2.05) is 0 Å². The zero-order chi connectivity index (χ0) is 12.5. The molecule has 5 heteroatoms. The molecule has 1 aromatic rings. The first-order valence-electron chi connectivity index (χ1n) is 6.98. The number of hydrogen-bond donors (Lipinski definition) is 0. The van der Waals surface area contributed by atoms with Crippen LogP contribution in [0.3, 0.4) is 0 Å². The average molecular weight is 250 g/mol. The van der Waals surface area contributed by atoms with Gasteiger partial charge in [-0.05, 0) is 19.8 Å². The van der Waals surface area contributed by atoms with Gasteiger partial charge < -0.3 is 9.30 Å². The van der Waals surface area contributed by atoms with Crippen LogP contribution >= 0.6 is 0 Å². The fourth-order valence-corrected chi connectivity index (χ4v) is 3.43. The van der Waals surface area contributed by atoms with Gasteiger partial charge in [-0.2, -0.15) is 0 Å². The Hall–Kier alpha value is -0.940.